The second-order valence-corrected chi connectivity index (χ2v) is 7.50. The summed E-state index contributed by atoms with van der Waals surface area (Å²) in [7, 11) is 0. The molecule has 0 aliphatic carbocycles. The smallest absolute Gasteiger partial charge is 0.251 e. The average molecular weight is 415 g/mol. The van der Waals surface area contributed by atoms with Crippen molar-refractivity contribution in [3.8, 4) is 0 Å². The van der Waals surface area contributed by atoms with E-state index in [1.54, 1.807) is 29.5 Å². The van der Waals surface area contributed by atoms with Gasteiger partial charge in [-0.25, -0.2) is 9.82 Å². The third kappa shape index (κ3) is 4.41. The van der Waals surface area contributed by atoms with Gasteiger partial charge in [0.15, 0.2) is 0 Å². The van der Waals surface area contributed by atoms with Crippen LogP contribution >= 0.6 is 11.6 Å². The molecule has 2 aliphatic rings. The molecule has 0 radical (unpaired) electrons. The van der Waals surface area contributed by atoms with Gasteiger partial charge < -0.3 is 15.2 Å². The van der Waals surface area contributed by atoms with E-state index in [4.69, 9.17) is 11.6 Å². The van der Waals surface area contributed by atoms with Crippen LogP contribution in [0.4, 0.5) is 4.39 Å². The predicted octanol–water partition coefficient (Wildman–Crippen LogP) is 2.73. The van der Waals surface area contributed by atoms with Crippen molar-refractivity contribution < 1.29 is 14.0 Å². The summed E-state index contributed by atoms with van der Waals surface area (Å²) in [6.07, 6.45) is 3.97. The molecule has 1 saturated heterocycles. The molecule has 150 valence electrons. The number of hydrogen-bond donors (Lipinski definition) is 2. The molecule has 2 atom stereocenters. The number of fused-ring (bicyclic) bond motifs is 1. The van der Waals surface area contributed by atoms with Gasteiger partial charge in [0, 0.05) is 24.0 Å². The summed E-state index contributed by atoms with van der Waals surface area (Å²) in [4.78, 5) is 26.5. The van der Waals surface area contributed by atoms with Crippen LogP contribution in [0.2, 0.25) is 5.02 Å². The van der Waals surface area contributed by atoms with Gasteiger partial charge in [-0.15, -0.1) is 0 Å². The van der Waals surface area contributed by atoms with Gasteiger partial charge in [0.25, 0.3) is 5.91 Å². The quantitative estimate of drug-likeness (QED) is 0.789. The van der Waals surface area contributed by atoms with E-state index >= 15 is 0 Å². The minimum Gasteiger partial charge on any atom is -0.350 e. The van der Waals surface area contributed by atoms with E-state index in [0.717, 1.165) is 11.1 Å². The highest BCUT2D eigenvalue weighted by molar-refractivity contribution is 6.30. The molecule has 4 rings (SSSR count). The number of benzene rings is 2. The summed E-state index contributed by atoms with van der Waals surface area (Å²) in [6.45, 7) is 0.215. The molecule has 2 heterocycles. The molecular weight excluding hydrogens is 395 g/mol. The molecule has 2 unspecified atom stereocenters. The fraction of sp³-hybridized carbons (Fsp3) is 0.238. The highest BCUT2D eigenvalue weighted by Gasteiger charge is 2.40. The lowest BCUT2D eigenvalue weighted by Gasteiger charge is -2.31. The van der Waals surface area contributed by atoms with Crippen LogP contribution in [0.1, 0.15) is 23.6 Å². The van der Waals surface area contributed by atoms with Crippen LogP contribution in [0.5, 0.6) is 0 Å². The second-order valence-electron chi connectivity index (χ2n) is 7.06. The molecule has 2 amide bonds. The van der Waals surface area contributed by atoms with Crippen molar-refractivity contribution in [2.45, 2.75) is 25.0 Å². The summed E-state index contributed by atoms with van der Waals surface area (Å²) >= 11 is 5.95. The number of carbonyl (C=O) groups is 2. The number of hydrazine groups is 1. The van der Waals surface area contributed by atoms with E-state index in [9.17, 15) is 14.0 Å². The molecule has 0 aromatic heterocycles. The first kappa shape index (κ1) is 19.4. The third-order valence-corrected chi connectivity index (χ3v) is 5.32. The van der Waals surface area contributed by atoms with Crippen molar-refractivity contribution in [3.63, 3.8) is 0 Å². The van der Waals surface area contributed by atoms with E-state index in [0.29, 0.717) is 11.4 Å². The van der Waals surface area contributed by atoms with Crippen molar-refractivity contribution in [1.29, 1.82) is 0 Å². The van der Waals surface area contributed by atoms with E-state index in [1.807, 2.05) is 24.3 Å². The Morgan fingerprint density at radius 3 is 2.59 bits per heavy atom. The van der Waals surface area contributed by atoms with Gasteiger partial charge in [-0.1, -0.05) is 35.9 Å². The van der Waals surface area contributed by atoms with E-state index in [1.165, 1.54) is 17.0 Å². The monoisotopic (exact) mass is 414 g/mol. The van der Waals surface area contributed by atoms with E-state index in [2.05, 4.69) is 10.7 Å². The van der Waals surface area contributed by atoms with Gasteiger partial charge in [0.1, 0.15) is 18.4 Å². The lowest BCUT2D eigenvalue weighted by atomic mass is 10.0. The fourth-order valence-corrected chi connectivity index (χ4v) is 3.62. The summed E-state index contributed by atoms with van der Waals surface area (Å²) in [5.41, 5.74) is 5.15. The molecule has 2 aromatic rings. The Bertz CT molecular complexity index is 933. The number of nitrogens with zero attached hydrogens (tertiary/aromatic N) is 2. The Kier molecular flexibility index (Phi) is 5.51. The van der Waals surface area contributed by atoms with Gasteiger partial charge in [0.2, 0.25) is 5.91 Å². The third-order valence-electron chi connectivity index (χ3n) is 5.06. The first-order valence-electron chi connectivity index (χ1n) is 9.29. The molecule has 2 aliphatic heterocycles. The summed E-state index contributed by atoms with van der Waals surface area (Å²) in [5.74, 6) is -0.731. The Morgan fingerprint density at radius 2 is 1.86 bits per heavy atom. The summed E-state index contributed by atoms with van der Waals surface area (Å²) in [6, 6.07) is 13.1. The zero-order valence-corrected chi connectivity index (χ0v) is 16.3. The molecule has 8 heteroatoms. The van der Waals surface area contributed by atoms with Crippen LogP contribution in [0, 0.1) is 5.82 Å². The minimum atomic E-state index is -0.370. The highest BCUT2D eigenvalue weighted by Crippen LogP contribution is 2.31. The maximum atomic E-state index is 12.9. The molecular formula is C21H20ClFN4O2. The summed E-state index contributed by atoms with van der Waals surface area (Å²) in [5, 5.41) is 5.21. The lowest BCUT2D eigenvalue weighted by Crippen LogP contribution is -2.50. The van der Waals surface area contributed by atoms with E-state index in [-0.39, 0.29) is 42.8 Å². The standard InChI is InChI=1S/C21H20ClFN4O2/c22-16-5-3-15(4-6-16)18-11-19-21(29)26(9-10-27(19)25-18)13-20(28)24-12-14-1-7-17(23)8-2-14/h1-10,18-19,25H,11-13H2,(H,24,28). The van der Waals surface area contributed by atoms with Crippen LogP contribution in [-0.4, -0.2) is 34.3 Å². The van der Waals surface area contributed by atoms with Gasteiger partial charge in [0.05, 0.1) is 6.04 Å². The topological polar surface area (TPSA) is 64.7 Å². The van der Waals surface area contributed by atoms with Crippen molar-refractivity contribution in [1.82, 2.24) is 20.7 Å². The largest absolute Gasteiger partial charge is 0.350 e. The first-order valence-corrected chi connectivity index (χ1v) is 9.67. The highest BCUT2D eigenvalue weighted by atomic mass is 35.5. The van der Waals surface area contributed by atoms with Crippen LogP contribution in [0.25, 0.3) is 0 Å². The van der Waals surface area contributed by atoms with Gasteiger partial charge in [-0.05, 0) is 41.8 Å². The predicted molar refractivity (Wildman–Crippen MR) is 107 cm³/mol. The van der Waals surface area contributed by atoms with Crippen LogP contribution in [0.15, 0.2) is 60.9 Å². The molecule has 2 N–H and O–H groups in total. The maximum Gasteiger partial charge on any atom is 0.251 e. The Labute approximate surface area is 172 Å². The summed E-state index contributed by atoms with van der Waals surface area (Å²) < 4.78 is 12.9. The van der Waals surface area contributed by atoms with Crippen LogP contribution < -0.4 is 10.7 Å². The number of halogens is 2. The van der Waals surface area contributed by atoms with Gasteiger partial charge >= 0.3 is 0 Å². The zero-order valence-electron chi connectivity index (χ0n) is 15.5. The zero-order chi connectivity index (χ0) is 20.4. The number of carbonyl (C=O) groups excluding carboxylic acids is 2. The maximum absolute atomic E-state index is 12.9. The normalized spacial score (nSPS) is 20.7. The van der Waals surface area contributed by atoms with E-state index < -0.39 is 0 Å². The molecule has 1 fully saturated rings. The number of amides is 2. The fourth-order valence-electron chi connectivity index (χ4n) is 3.49. The van der Waals surface area contributed by atoms with Crippen molar-refractivity contribution in [3.05, 3.63) is 82.9 Å². The SMILES string of the molecule is O=C(CN1C=CN2NC(c3ccc(Cl)cc3)CC2C1=O)NCc1ccc(F)cc1. The van der Waals surface area contributed by atoms with Crippen LogP contribution in [0.3, 0.4) is 0 Å². The Hall–Kier alpha value is -2.90. The second kappa shape index (κ2) is 8.23. The Balaban J connectivity index is 1.33. The van der Waals surface area contributed by atoms with Crippen molar-refractivity contribution in [2.75, 3.05) is 6.54 Å². The molecule has 0 saturated carbocycles. The van der Waals surface area contributed by atoms with Gasteiger partial charge in [-0.2, -0.15) is 0 Å². The number of nitrogens with one attached hydrogen (secondary N) is 2. The van der Waals surface area contributed by atoms with Crippen molar-refractivity contribution >= 4 is 23.4 Å². The van der Waals surface area contributed by atoms with Crippen LogP contribution in [-0.2, 0) is 16.1 Å². The minimum absolute atomic E-state index is 0.00174. The first-order chi connectivity index (χ1) is 14.0. The average Bonchev–Trinajstić information content (AvgIpc) is 3.15. The Morgan fingerprint density at radius 1 is 1.14 bits per heavy atom. The molecule has 29 heavy (non-hydrogen) atoms. The molecule has 2 aromatic carbocycles. The molecule has 0 bridgehead atoms. The lowest BCUT2D eigenvalue weighted by molar-refractivity contribution is -0.138. The van der Waals surface area contributed by atoms with Gasteiger partial charge in [-0.3, -0.25) is 9.59 Å². The molecule has 6 nitrogen and oxygen atoms in total. The number of rotatable bonds is 5. The van der Waals surface area contributed by atoms with Crippen molar-refractivity contribution in [2.24, 2.45) is 0 Å². The molecule has 0 spiro atoms. The number of hydrogen-bond acceptors (Lipinski definition) is 4.